The molecule has 18 heavy (non-hydrogen) atoms. The highest BCUT2D eigenvalue weighted by atomic mass is 19.1. The zero-order chi connectivity index (χ0) is 13.1. The summed E-state index contributed by atoms with van der Waals surface area (Å²) in [6.45, 7) is 2.63. The molecule has 1 saturated heterocycles. The van der Waals surface area contributed by atoms with E-state index in [1.165, 1.54) is 12.1 Å². The lowest BCUT2D eigenvalue weighted by molar-refractivity contribution is 0.0583. The zero-order valence-corrected chi connectivity index (χ0v) is 10.6. The molecule has 1 heterocycles. The smallest absolute Gasteiger partial charge is 0.254 e. The summed E-state index contributed by atoms with van der Waals surface area (Å²) >= 11 is 0. The summed E-state index contributed by atoms with van der Waals surface area (Å²) in [6.07, 6.45) is 3.02. The number of hydrogen-bond donors (Lipinski definition) is 1. The average molecular weight is 250 g/mol. The minimum atomic E-state index is -0.379. The van der Waals surface area contributed by atoms with Crippen LogP contribution >= 0.6 is 0 Å². The Balaban J connectivity index is 2.21. The molecule has 1 aliphatic rings. The van der Waals surface area contributed by atoms with Gasteiger partial charge in [0.2, 0.25) is 0 Å². The van der Waals surface area contributed by atoms with Gasteiger partial charge < -0.3 is 10.6 Å². The van der Waals surface area contributed by atoms with Gasteiger partial charge in [0.25, 0.3) is 5.91 Å². The van der Waals surface area contributed by atoms with E-state index in [4.69, 9.17) is 5.73 Å². The molecule has 98 valence electrons. The van der Waals surface area contributed by atoms with Crippen LogP contribution in [-0.4, -0.2) is 29.4 Å². The predicted molar refractivity (Wildman–Crippen MR) is 68.7 cm³/mol. The number of likely N-dealkylation sites (tertiary alicyclic amines) is 1. The Labute approximate surface area is 107 Å². The maximum absolute atomic E-state index is 13.2. The van der Waals surface area contributed by atoms with Crippen LogP contribution in [0.25, 0.3) is 0 Å². The molecule has 0 spiro atoms. The number of halogens is 1. The van der Waals surface area contributed by atoms with E-state index in [9.17, 15) is 9.18 Å². The van der Waals surface area contributed by atoms with E-state index >= 15 is 0 Å². The van der Waals surface area contributed by atoms with Gasteiger partial charge in [0, 0.05) is 24.2 Å². The number of nitrogens with two attached hydrogens (primary N) is 1. The summed E-state index contributed by atoms with van der Waals surface area (Å²) < 4.78 is 13.2. The number of hydrogen-bond acceptors (Lipinski definition) is 2. The molecule has 1 aromatic rings. The molecule has 3 nitrogen and oxygen atoms in total. The Morgan fingerprint density at radius 3 is 2.94 bits per heavy atom. The highest BCUT2D eigenvalue weighted by molar-refractivity contribution is 5.94. The maximum Gasteiger partial charge on any atom is 0.254 e. The number of piperidine rings is 1. The van der Waals surface area contributed by atoms with Crippen molar-refractivity contribution in [3.8, 4) is 0 Å². The predicted octanol–water partition coefficient (Wildman–Crippen LogP) is 2.17. The minimum absolute atomic E-state index is 0.0530. The van der Waals surface area contributed by atoms with Crippen LogP contribution < -0.4 is 5.73 Å². The largest absolute Gasteiger partial charge is 0.334 e. The van der Waals surface area contributed by atoms with Gasteiger partial charge in [-0.25, -0.2) is 4.39 Å². The highest BCUT2D eigenvalue weighted by Gasteiger charge is 2.29. The molecule has 0 aromatic heterocycles. The van der Waals surface area contributed by atoms with E-state index in [-0.39, 0.29) is 23.8 Å². The fourth-order valence-corrected chi connectivity index (χ4v) is 2.54. The summed E-state index contributed by atoms with van der Waals surface area (Å²) in [4.78, 5) is 14.2. The van der Waals surface area contributed by atoms with E-state index in [2.05, 4.69) is 0 Å². The second-order valence-electron chi connectivity index (χ2n) is 4.93. The minimum Gasteiger partial charge on any atom is -0.334 e. The molecular formula is C14H19FN2O. The molecule has 1 aliphatic heterocycles. The molecule has 0 saturated carbocycles. The number of amides is 1. The van der Waals surface area contributed by atoms with Crippen molar-refractivity contribution in [1.29, 1.82) is 0 Å². The van der Waals surface area contributed by atoms with Crippen LogP contribution in [0, 0.1) is 5.82 Å². The first-order chi connectivity index (χ1) is 8.59. The van der Waals surface area contributed by atoms with Crippen LogP contribution in [-0.2, 0) is 0 Å². The van der Waals surface area contributed by atoms with E-state index in [0.29, 0.717) is 12.1 Å². The summed E-state index contributed by atoms with van der Waals surface area (Å²) in [6, 6.07) is 5.86. The molecule has 2 N–H and O–H groups in total. The van der Waals surface area contributed by atoms with Crippen molar-refractivity contribution < 1.29 is 9.18 Å². The second kappa shape index (κ2) is 5.48. The molecular weight excluding hydrogens is 231 g/mol. The SMILES string of the molecule is CC(N)C1CCCCN1C(=O)c1cccc(F)c1. The zero-order valence-electron chi connectivity index (χ0n) is 10.6. The van der Waals surface area contributed by atoms with Crippen molar-refractivity contribution in [1.82, 2.24) is 4.90 Å². The van der Waals surface area contributed by atoms with Gasteiger partial charge in [-0.2, -0.15) is 0 Å². The van der Waals surface area contributed by atoms with Crippen molar-refractivity contribution in [2.24, 2.45) is 5.73 Å². The van der Waals surface area contributed by atoms with Crippen LogP contribution in [0.15, 0.2) is 24.3 Å². The van der Waals surface area contributed by atoms with E-state index < -0.39 is 0 Å². The fourth-order valence-electron chi connectivity index (χ4n) is 2.54. The molecule has 0 bridgehead atoms. The molecule has 0 aliphatic carbocycles. The number of rotatable bonds is 2. The Morgan fingerprint density at radius 2 is 2.28 bits per heavy atom. The number of carbonyl (C=O) groups is 1. The molecule has 0 radical (unpaired) electrons. The normalized spacial score (nSPS) is 21.7. The molecule has 1 aromatic carbocycles. The molecule has 1 amide bonds. The summed E-state index contributed by atoms with van der Waals surface area (Å²) in [5.41, 5.74) is 6.34. The van der Waals surface area contributed by atoms with Crippen molar-refractivity contribution in [3.05, 3.63) is 35.6 Å². The average Bonchev–Trinajstić information content (AvgIpc) is 2.38. The second-order valence-corrected chi connectivity index (χ2v) is 4.93. The van der Waals surface area contributed by atoms with Crippen LogP contribution in [0.1, 0.15) is 36.5 Å². The summed E-state index contributed by atoms with van der Waals surface area (Å²) in [5, 5.41) is 0. The molecule has 2 rings (SSSR count). The molecule has 1 fully saturated rings. The number of benzene rings is 1. The Morgan fingerprint density at radius 1 is 1.50 bits per heavy atom. The molecule has 4 heteroatoms. The van der Waals surface area contributed by atoms with E-state index in [1.807, 2.05) is 6.92 Å². The molecule has 2 unspecified atom stereocenters. The summed E-state index contributed by atoms with van der Waals surface area (Å²) in [7, 11) is 0. The number of carbonyl (C=O) groups excluding carboxylic acids is 1. The van der Waals surface area contributed by atoms with Crippen molar-refractivity contribution in [2.75, 3.05) is 6.54 Å². The lowest BCUT2D eigenvalue weighted by atomic mass is 9.96. The van der Waals surface area contributed by atoms with E-state index in [1.54, 1.807) is 17.0 Å². The monoisotopic (exact) mass is 250 g/mol. The lowest BCUT2D eigenvalue weighted by Crippen LogP contribution is -2.51. The third-order valence-electron chi connectivity index (χ3n) is 3.49. The van der Waals surface area contributed by atoms with Gasteiger partial charge in [-0.1, -0.05) is 6.07 Å². The van der Waals surface area contributed by atoms with Crippen molar-refractivity contribution >= 4 is 5.91 Å². The highest BCUT2D eigenvalue weighted by Crippen LogP contribution is 2.21. The number of nitrogens with zero attached hydrogens (tertiary/aromatic N) is 1. The van der Waals surface area contributed by atoms with Crippen LogP contribution in [0.5, 0.6) is 0 Å². The van der Waals surface area contributed by atoms with Gasteiger partial charge in [0.05, 0.1) is 0 Å². The van der Waals surface area contributed by atoms with Gasteiger partial charge in [-0.3, -0.25) is 4.79 Å². The van der Waals surface area contributed by atoms with Gasteiger partial charge >= 0.3 is 0 Å². The third kappa shape index (κ3) is 2.70. The fraction of sp³-hybridized carbons (Fsp3) is 0.500. The first-order valence-electron chi connectivity index (χ1n) is 6.41. The van der Waals surface area contributed by atoms with Crippen molar-refractivity contribution in [3.63, 3.8) is 0 Å². The van der Waals surface area contributed by atoms with Gasteiger partial charge in [-0.15, -0.1) is 0 Å². The Hall–Kier alpha value is -1.42. The molecule has 2 atom stereocenters. The van der Waals surface area contributed by atoms with Gasteiger partial charge in [-0.05, 0) is 44.4 Å². The van der Waals surface area contributed by atoms with Crippen molar-refractivity contribution in [2.45, 2.75) is 38.3 Å². The first kappa shape index (κ1) is 13.0. The topological polar surface area (TPSA) is 46.3 Å². The van der Waals surface area contributed by atoms with Crippen LogP contribution in [0.4, 0.5) is 4.39 Å². The van der Waals surface area contributed by atoms with Gasteiger partial charge in [0.15, 0.2) is 0 Å². The third-order valence-corrected chi connectivity index (χ3v) is 3.49. The van der Waals surface area contributed by atoms with Gasteiger partial charge in [0.1, 0.15) is 5.82 Å². The van der Waals surface area contributed by atoms with Crippen LogP contribution in [0.2, 0.25) is 0 Å². The standard InChI is InChI=1S/C14H19FN2O/c1-10(16)13-7-2-3-8-17(13)14(18)11-5-4-6-12(15)9-11/h4-6,9-10,13H,2-3,7-8,16H2,1H3. The Bertz CT molecular complexity index is 434. The van der Waals surface area contributed by atoms with E-state index in [0.717, 1.165) is 19.3 Å². The van der Waals surface area contributed by atoms with Crippen LogP contribution in [0.3, 0.4) is 0 Å². The lowest BCUT2D eigenvalue weighted by Gasteiger charge is -2.38. The first-order valence-corrected chi connectivity index (χ1v) is 6.41. The Kier molecular flexibility index (Phi) is 3.97. The maximum atomic E-state index is 13.2. The quantitative estimate of drug-likeness (QED) is 0.874. The summed E-state index contributed by atoms with van der Waals surface area (Å²) in [5.74, 6) is -0.494.